The van der Waals surface area contributed by atoms with E-state index in [0.29, 0.717) is 18.1 Å². The molecule has 0 atom stereocenters. The molecule has 2 saturated carbocycles. The summed E-state index contributed by atoms with van der Waals surface area (Å²) in [5, 5.41) is 3.53. The molecule has 0 radical (unpaired) electrons. The van der Waals surface area contributed by atoms with Crippen LogP contribution in [0.5, 0.6) is 5.88 Å². The van der Waals surface area contributed by atoms with Crippen molar-refractivity contribution >= 4 is 5.96 Å². The molecule has 0 amide bonds. The van der Waals surface area contributed by atoms with E-state index in [1.165, 1.54) is 38.5 Å². The molecule has 3 aliphatic rings. The molecule has 0 bridgehead atoms. The van der Waals surface area contributed by atoms with Gasteiger partial charge in [-0.1, -0.05) is 12.5 Å². The molecule has 1 spiro atoms. The highest BCUT2D eigenvalue weighted by Crippen LogP contribution is 2.47. The van der Waals surface area contributed by atoms with Gasteiger partial charge in [-0.15, -0.1) is 0 Å². The van der Waals surface area contributed by atoms with E-state index in [-0.39, 0.29) is 0 Å². The summed E-state index contributed by atoms with van der Waals surface area (Å²) in [6, 6.07) is 4.09. The van der Waals surface area contributed by atoms with Gasteiger partial charge in [0.1, 0.15) is 6.10 Å². The molecule has 2 heterocycles. The second-order valence-electron chi connectivity index (χ2n) is 7.92. The Balaban J connectivity index is 1.37. The van der Waals surface area contributed by atoms with Crippen LogP contribution < -0.4 is 10.1 Å². The van der Waals surface area contributed by atoms with Crippen molar-refractivity contribution in [1.82, 2.24) is 15.2 Å². The number of guanidine groups is 1. The van der Waals surface area contributed by atoms with E-state index in [2.05, 4.69) is 26.3 Å². The summed E-state index contributed by atoms with van der Waals surface area (Å²) in [6.07, 6.45) is 12.5. The van der Waals surface area contributed by atoms with E-state index >= 15 is 0 Å². The predicted molar refractivity (Wildman–Crippen MR) is 99.8 cm³/mol. The maximum atomic E-state index is 6.15. The Kier molecular flexibility index (Phi) is 4.82. The van der Waals surface area contributed by atoms with E-state index in [4.69, 9.17) is 4.74 Å². The molecule has 3 fully saturated rings. The van der Waals surface area contributed by atoms with Gasteiger partial charge in [0.15, 0.2) is 5.96 Å². The number of aliphatic imine (C=N–C) groups is 1. The Morgan fingerprint density at radius 2 is 2.16 bits per heavy atom. The summed E-state index contributed by atoms with van der Waals surface area (Å²) in [6.45, 7) is 3.00. The standard InChI is InChI=1S/C20H30N4O/c1-21-19(24-13-11-20(15-24)9-5-10-20)23-14-16-6-4-12-22-18(16)25-17-7-2-3-8-17/h4,6,12,17H,2-3,5,7-11,13-15H2,1H3,(H,21,23). The van der Waals surface area contributed by atoms with E-state index < -0.39 is 0 Å². The zero-order chi connectivity index (χ0) is 17.1. The van der Waals surface area contributed by atoms with Crippen LogP contribution in [-0.2, 0) is 6.54 Å². The summed E-state index contributed by atoms with van der Waals surface area (Å²) in [5.74, 6) is 1.80. The lowest BCUT2D eigenvalue weighted by Gasteiger charge is -2.38. The molecule has 136 valence electrons. The summed E-state index contributed by atoms with van der Waals surface area (Å²) < 4.78 is 6.15. The highest BCUT2D eigenvalue weighted by atomic mass is 16.5. The highest BCUT2D eigenvalue weighted by molar-refractivity contribution is 5.80. The first kappa shape index (κ1) is 16.7. The first-order valence-electron chi connectivity index (χ1n) is 9.84. The lowest BCUT2D eigenvalue weighted by atomic mass is 9.68. The van der Waals surface area contributed by atoms with Crippen molar-refractivity contribution in [2.24, 2.45) is 10.4 Å². The van der Waals surface area contributed by atoms with Crippen LogP contribution in [0.15, 0.2) is 23.3 Å². The number of likely N-dealkylation sites (tertiary alicyclic amines) is 1. The van der Waals surface area contributed by atoms with Crippen LogP contribution in [0.4, 0.5) is 0 Å². The van der Waals surface area contributed by atoms with Crippen molar-refractivity contribution in [2.45, 2.75) is 64.0 Å². The molecule has 0 unspecified atom stereocenters. The third-order valence-electron chi connectivity index (χ3n) is 6.23. The molecule has 1 saturated heterocycles. The minimum absolute atomic E-state index is 0.338. The fourth-order valence-corrected chi connectivity index (χ4v) is 4.54. The molecule has 1 N–H and O–H groups in total. The zero-order valence-corrected chi connectivity index (χ0v) is 15.3. The van der Waals surface area contributed by atoms with Gasteiger partial charge in [-0.2, -0.15) is 0 Å². The summed E-state index contributed by atoms with van der Waals surface area (Å²) in [5.41, 5.74) is 1.70. The minimum Gasteiger partial charge on any atom is -0.474 e. The lowest BCUT2D eigenvalue weighted by Crippen LogP contribution is -2.42. The van der Waals surface area contributed by atoms with Crippen molar-refractivity contribution in [2.75, 3.05) is 20.1 Å². The fraction of sp³-hybridized carbons (Fsp3) is 0.700. The lowest BCUT2D eigenvalue weighted by molar-refractivity contribution is 0.151. The molecule has 1 aliphatic heterocycles. The molecule has 0 aromatic carbocycles. The van der Waals surface area contributed by atoms with Gasteiger partial charge in [0.25, 0.3) is 0 Å². The number of rotatable bonds is 4. The average molecular weight is 342 g/mol. The molecule has 2 aliphatic carbocycles. The second kappa shape index (κ2) is 7.22. The largest absolute Gasteiger partial charge is 0.474 e. The van der Waals surface area contributed by atoms with E-state index in [0.717, 1.165) is 43.3 Å². The smallest absolute Gasteiger partial charge is 0.218 e. The molecule has 4 rings (SSSR count). The van der Waals surface area contributed by atoms with E-state index in [1.54, 1.807) is 0 Å². The Morgan fingerprint density at radius 3 is 2.84 bits per heavy atom. The van der Waals surface area contributed by atoms with Gasteiger partial charge in [0.2, 0.25) is 5.88 Å². The van der Waals surface area contributed by atoms with Gasteiger partial charge < -0.3 is 15.0 Å². The van der Waals surface area contributed by atoms with Gasteiger partial charge in [-0.05, 0) is 56.4 Å². The highest BCUT2D eigenvalue weighted by Gasteiger charge is 2.43. The van der Waals surface area contributed by atoms with Crippen LogP contribution in [0.2, 0.25) is 0 Å². The first-order chi connectivity index (χ1) is 12.3. The average Bonchev–Trinajstić information content (AvgIpc) is 3.26. The van der Waals surface area contributed by atoms with Crippen LogP contribution in [0, 0.1) is 5.41 Å². The SMILES string of the molecule is CN=C(NCc1cccnc1OC1CCCC1)N1CCC2(CCC2)C1. The minimum atomic E-state index is 0.338. The third-order valence-corrected chi connectivity index (χ3v) is 6.23. The Hall–Kier alpha value is -1.78. The van der Waals surface area contributed by atoms with E-state index in [9.17, 15) is 0 Å². The number of aromatic nitrogens is 1. The Bertz CT molecular complexity index is 620. The Morgan fingerprint density at radius 1 is 1.32 bits per heavy atom. The quantitative estimate of drug-likeness (QED) is 0.673. The molecular formula is C20H30N4O. The summed E-state index contributed by atoms with van der Waals surface area (Å²) in [4.78, 5) is 11.4. The molecule has 1 aromatic heterocycles. The first-order valence-corrected chi connectivity index (χ1v) is 9.84. The summed E-state index contributed by atoms with van der Waals surface area (Å²) >= 11 is 0. The predicted octanol–water partition coefficient (Wildman–Crippen LogP) is 3.35. The zero-order valence-electron chi connectivity index (χ0n) is 15.3. The maximum Gasteiger partial charge on any atom is 0.218 e. The number of hydrogen-bond donors (Lipinski definition) is 1. The molecular weight excluding hydrogens is 312 g/mol. The second-order valence-corrected chi connectivity index (χ2v) is 7.92. The van der Waals surface area contributed by atoms with Crippen LogP contribution >= 0.6 is 0 Å². The van der Waals surface area contributed by atoms with Crippen molar-refractivity contribution in [3.63, 3.8) is 0 Å². The molecule has 25 heavy (non-hydrogen) atoms. The van der Waals surface area contributed by atoms with Gasteiger partial charge >= 0.3 is 0 Å². The van der Waals surface area contributed by atoms with Gasteiger partial charge in [-0.25, -0.2) is 4.98 Å². The van der Waals surface area contributed by atoms with Gasteiger partial charge in [0, 0.05) is 38.4 Å². The third kappa shape index (κ3) is 3.60. The van der Waals surface area contributed by atoms with Crippen LogP contribution in [0.25, 0.3) is 0 Å². The Labute approximate surface area is 150 Å². The number of ether oxygens (including phenoxy) is 1. The topological polar surface area (TPSA) is 49.8 Å². The van der Waals surface area contributed by atoms with E-state index in [1.807, 2.05) is 19.3 Å². The fourth-order valence-electron chi connectivity index (χ4n) is 4.54. The molecule has 1 aromatic rings. The number of hydrogen-bond acceptors (Lipinski definition) is 3. The molecule has 5 nitrogen and oxygen atoms in total. The normalized spacial score (nSPS) is 23.1. The number of nitrogens with one attached hydrogen (secondary N) is 1. The van der Waals surface area contributed by atoms with Crippen LogP contribution in [0.3, 0.4) is 0 Å². The number of nitrogens with zero attached hydrogens (tertiary/aromatic N) is 3. The molecule has 5 heteroatoms. The van der Waals surface area contributed by atoms with Crippen molar-refractivity contribution < 1.29 is 4.74 Å². The monoisotopic (exact) mass is 342 g/mol. The van der Waals surface area contributed by atoms with Gasteiger partial charge in [0.05, 0.1) is 0 Å². The van der Waals surface area contributed by atoms with Crippen LogP contribution in [0.1, 0.15) is 56.9 Å². The van der Waals surface area contributed by atoms with Gasteiger partial charge in [-0.3, -0.25) is 4.99 Å². The van der Waals surface area contributed by atoms with Crippen LogP contribution in [-0.4, -0.2) is 42.1 Å². The number of pyridine rings is 1. The maximum absolute atomic E-state index is 6.15. The van der Waals surface area contributed by atoms with Crippen molar-refractivity contribution in [1.29, 1.82) is 0 Å². The van der Waals surface area contributed by atoms with Crippen molar-refractivity contribution in [3.05, 3.63) is 23.9 Å². The summed E-state index contributed by atoms with van der Waals surface area (Å²) in [7, 11) is 1.88. The van der Waals surface area contributed by atoms with Crippen molar-refractivity contribution in [3.8, 4) is 5.88 Å².